The average molecular weight is 378 g/mol. The van der Waals surface area contributed by atoms with E-state index in [1.54, 1.807) is 0 Å². The van der Waals surface area contributed by atoms with Crippen molar-refractivity contribution in [3.05, 3.63) is 34.9 Å². The molecule has 0 spiro atoms. The van der Waals surface area contributed by atoms with E-state index in [4.69, 9.17) is 20.5 Å². The van der Waals surface area contributed by atoms with Crippen LogP contribution in [0.15, 0.2) is 28.2 Å². The minimum atomic E-state index is -0.602. The molecule has 1 aliphatic heterocycles. The van der Waals surface area contributed by atoms with E-state index < -0.39 is 5.66 Å². The fourth-order valence-corrected chi connectivity index (χ4v) is 4.54. The zero-order valence-electron chi connectivity index (χ0n) is 17.3. The highest BCUT2D eigenvalue weighted by molar-refractivity contribution is 6.41. The van der Waals surface area contributed by atoms with Gasteiger partial charge in [-0.3, -0.25) is 4.99 Å². The molecule has 0 amide bonds. The standard InChI is InChI=1S/C24H31N3O/c1-4-19-10-9-18(8-7-17-5-6-17)15-22(19)24(26-16(2)23(25)27-24)20-11-13-21(28-3)14-12-20/h9-10,15,17,20-21H,4-6,11-14H2,1-3H3,(H2,25,27). The summed E-state index contributed by atoms with van der Waals surface area (Å²) in [7, 11) is 1.81. The van der Waals surface area contributed by atoms with Crippen molar-refractivity contribution in [1.29, 1.82) is 0 Å². The first-order valence-corrected chi connectivity index (χ1v) is 10.7. The smallest absolute Gasteiger partial charge is 0.181 e. The molecular formula is C24H31N3O. The molecule has 0 bridgehead atoms. The zero-order chi connectivity index (χ0) is 19.7. The molecule has 1 aromatic rings. The number of hydrogen-bond acceptors (Lipinski definition) is 4. The van der Waals surface area contributed by atoms with Crippen molar-refractivity contribution in [2.75, 3.05) is 7.11 Å². The summed E-state index contributed by atoms with van der Waals surface area (Å²) < 4.78 is 5.59. The Bertz CT molecular complexity index is 844. The highest BCUT2D eigenvalue weighted by Gasteiger charge is 2.46. The van der Waals surface area contributed by atoms with Gasteiger partial charge in [-0.05, 0) is 69.6 Å². The van der Waals surface area contributed by atoms with Gasteiger partial charge in [0.2, 0.25) is 0 Å². The maximum Gasteiger partial charge on any atom is 0.181 e. The molecule has 0 radical (unpaired) electrons. The van der Waals surface area contributed by atoms with Crippen LogP contribution >= 0.6 is 0 Å². The predicted molar refractivity (Wildman–Crippen MR) is 115 cm³/mol. The van der Waals surface area contributed by atoms with E-state index in [-0.39, 0.29) is 0 Å². The highest BCUT2D eigenvalue weighted by atomic mass is 16.5. The molecule has 1 atom stereocenters. The molecule has 2 aliphatic carbocycles. The first-order chi connectivity index (χ1) is 13.6. The fourth-order valence-electron chi connectivity index (χ4n) is 4.54. The van der Waals surface area contributed by atoms with Crippen LogP contribution in [0.5, 0.6) is 0 Å². The Kier molecular flexibility index (Phi) is 5.29. The third-order valence-corrected chi connectivity index (χ3v) is 6.46. The lowest BCUT2D eigenvalue weighted by molar-refractivity contribution is 0.0425. The molecule has 1 heterocycles. The monoisotopic (exact) mass is 377 g/mol. The average Bonchev–Trinajstić information content (AvgIpc) is 3.50. The number of nitrogens with zero attached hydrogens (tertiary/aromatic N) is 2. The first kappa shape index (κ1) is 19.2. The molecule has 2 N–H and O–H groups in total. The third kappa shape index (κ3) is 3.61. The van der Waals surface area contributed by atoms with Gasteiger partial charge in [0.05, 0.1) is 11.8 Å². The van der Waals surface area contributed by atoms with Crippen LogP contribution in [0.2, 0.25) is 0 Å². The van der Waals surface area contributed by atoms with Gasteiger partial charge in [-0.15, -0.1) is 0 Å². The molecule has 3 aliphatic rings. The van der Waals surface area contributed by atoms with Crippen molar-refractivity contribution in [3.63, 3.8) is 0 Å². The quantitative estimate of drug-likeness (QED) is 0.800. The van der Waals surface area contributed by atoms with E-state index in [0.29, 0.717) is 23.8 Å². The normalized spacial score (nSPS) is 29.7. The molecule has 148 valence electrons. The van der Waals surface area contributed by atoms with E-state index in [0.717, 1.165) is 43.4 Å². The summed E-state index contributed by atoms with van der Waals surface area (Å²) in [6, 6.07) is 6.59. The summed E-state index contributed by atoms with van der Waals surface area (Å²) in [5.41, 5.74) is 10.1. The van der Waals surface area contributed by atoms with Gasteiger partial charge in [-0.25, -0.2) is 4.99 Å². The lowest BCUT2D eigenvalue weighted by Crippen LogP contribution is -2.36. The van der Waals surface area contributed by atoms with Gasteiger partial charge in [0.15, 0.2) is 5.66 Å². The number of aliphatic imine (C=N–C) groups is 2. The van der Waals surface area contributed by atoms with Crippen LogP contribution in [0.25, 0.3) is 0 Å². The second-order valence-electron chi connectivity index (χ2n) is 8.40. The Morgan fingerprint density at radius 3 is 2.46 bits per heavy atom. The van der Waals surface area contributed by atoms with E-state index in [1.165, 1.54) is 24.0 Å². The van der Waals surface area contributed by atoms with Crippen molar-refractivity contribution in [2.24, 2.45) is 27.6 Å². The van der Waals surface area contributed by atoms with Gasteiger partial charge >= 0.3 is 0 Å². The van der Waals surface area contributed by atoms with Crippen LogP contribution in [-0.2, 0) is 16.8 Å². The van der Waals surface area contributed by atoms with Crippen LogP contribution < -0.4 is 5.73 Å². The van der Waals surface area contributed by atoms with E-state index in [2.05, 4.69) is 37.0 Å². The number of rotatable bonds is 4. The number of hydrogen-bond donors (Lipinski definition) is 1. The molecule has 28 heavy (non-hydrogen) atoms. The Morgan fingerprint density at radius 1 is 1.14 bits per heavy atom. The minimum absolute atomic E-state index is 0.340. The summed E-state index contributed by atoms with van der Waals surface area (Å²) in [4.78, 5) is 10.1. The van der Waals surface area contributed by atoms with Crippen molar-refractivity contribution < 1.29 is 4.74 Å². The molecule has 1 aromatic carbocycles. The first-order valence-electron chi connectivity index (χ1n) is 10.7. The van der Waals surface area contributed by atoms with E-state index in [1.807, 2.05) is 14.0 Å². The van der Waals surface area contributed by atoms with Crippen LogP contribution in [-0.4, -0.2) is 24.8 Å². The Morgan fingerprint density at radius 2 is 1.89 bits per heavy atom. The maximum absolute atomic E-state index is 6.25. The van der Waals surface area contributed by atoms with Gasteiger partial charge < -0.3 is 10.5 Å². The topological polar surface area (TPSA) is 60.0 Å². The minimum Gasteiger partial charge on any atom is -0.382 e. The number of nitrogens with two attached hydrogens (primary N) is 1. The Hall–Kier alpha value is -2.12. The number of benzene rings is 1. The fraction of sp³-hybridized carbons (Fsp3) is 0.583. The number of amidine groups is 1. The molecule has 1 unspecified atom stereocenters. The van der Waals surface area contributed by atoms with E-state index in [9.17, 15) is 0 Å². The van der Waals surface area contributed by atoms with Gasteiger partial charge in [-0.2, -0.15) is 0 Å². The maximum atomic E-state index is 6.25. The zero-order valence-corrected chi connectivity index (χ0v) is 17.3. The SMILES string of the molecule is CCc1ccc(C#CC2CC2)cc1C1(C2CCC(OC)CC2)N=C(C)C(N)=N1. The number of aryl methyl sites for hydroxylation is 1. The molecule has 4 heteroatoms. The molecule has 2 fully saturated rings. The van der Waals surface area contributed by atoms with Crippen LogP contribution in [0.4, 0.5) is 0 Å². The lowest BCUT2D eigenvalue weighted by atomic mass is 9.74. The highest BCUT2D eigenvalue weighted by Crippen LogP contribution is 2.47. The van der Waals surface area contributed by atoms with E-state index >= 15 is 0 Å². The Labute approximate surface area is 168 Å². The van der Waals surface area contributed by atoms with Gasteiger partial charge in [0.1, 0.15) is 5.84 Å². The molecule has 2 saturated carbocycles. The van der Waals surface area contributed by atoms with Crippen molar-refractivity contribution in [3.8, 4) is 11.8 Å². The van der Waals surface area contributed by atoms with Crippen LogP contribution in [0.3, 0.4) is 0 Å². The van der Waals surface area contributed by atoms with Crippen molar-refractivity contribution >= 4 is 11.5 Å². The Balaban J connectivity index is 1.77. The summed E-state index contributed by atoms with van der Waals surface area (Å²) in [5.74, 6) is 8.28. The second kappa shape index (κ2) is 7.72. The molecule has 0 saturated heterocycles. The van der Waals surface area contributed by atoms with Gasteiger partial charge in [0, 0.05) is 30.1 Å². The van der Waals surface area contributed by atoms with Crippen molar-refractivity contribution in [2.45, 2.75) is 70.6 Å². The van der Waals surface area contributed by atoms with Crippen LogP contribution in [0, 0.1) is 23.7 Å². The largest absolute Gasteiger partial charge is 0.382 e. The third-order valence-electron chi connectivity index (χ3n) is 6.46. The number of ether oxygens (including phenoxy) is 1. The summed E-state index contributed by atoms with van der Waals surface area (Å²) >= 11 is 0. The molecule has 0 aromatic heterocycles. The summed E-state index contributed by atoms with van der Waals surface area (Å²) in [5, 5.41) is 0. The molecule has 4 nitrogen and oxygen atoms in total. The molecule has 4 rings (SSSR count). The van der Waals surface area contributed by atoms with Crippen LogP contribution in [0.1, 0.15) is 69.1 Å². The predicted octanol–water partition coefficient (Wildman–Crippen LogP) is 4.20. The summed E-state index contributed by atoms with van der Waals surface area (Å²) in [6.45, 7) is 4.17. The van der Waals surface area contributed by atoms with Gasteiger partial charge in [-0.1, -0.05) is 24.8 Å². The molecular weight excluding hydrogens is 346 g/mol. The number of methoxy groups -OCH3 is 1. The lowest BCUT2D eigenvalue weighted by Gasteiger charge is -2.38. The van der Waals surface area contributed by atoms with Crippen molar-refractivity contribution in [1.82, 2.24) is 0 Å². The second-order valence-corrected chi connectivity index (χ2v) is 8.40. The van der Waals surface area contributed by atoms with Gasteiger partial charge in [0.25, 0.3) is 0 Å². The summed E-state index contributed by atoms with van der Waals surface area (Å²) in [6.07, 6.45) is 7.98.